The molecule has 0 aliphatic carbocycles. The number of carboxylic acids is 1. The molecule has 0 aliphatic heterocycles. The van der Waals surface area contributed by atoms with Crippen LogP contribution in [-0.2, 0) is 6.54 Å². The van der Waals surface area contributed by atoms with E-state index in [0.717, 1.165) is 5.69 Å². The van der Waals surface area contributed by atoms with Crippen LogP contribution in [0.1, 0.15) is 16.2 Å². The Bertz CT molecular complexity index is 435. The van der Waals surface area contributed by atoms with E-state index in [2.05, 4.69) is 9.97 Å². The maximum absolute atomic E-state index is 10.5. The van der Waals surface area contributed by atoms with Crippen molar-refractivity contribution in [3.8, 4) is 0 Å². The van der Waals surface area contributed by atoms with Gasteiger partial charge in [0.25, 0.3) is 0 Å². The molecule has 0 amide bonds. The van der Waals surface area contributed by atoms with Crippen LogP contribution in [-0.4, -0.2) is 25.6 Å². The van der Waals surface area contributed by atoms with E-state index >= 15 is 0 Å². The molecule has 14 heavy (non-hydrogen) atoms. The summed E-state index contributed by atoms with van der Waals surface area (Å²) in [6.45, 7) is 0.559. The maximum Gasteiger partial charge on any atom is 0.356 e. The number of hydrogen-bond acceptors (Lipinski definition) is 4. The maximum atomic E-state index is 10.5. The summed E-state index contributed by atoms with van der Waals surface area (Å²) >= 11 is 1.51. The largest absolute Gasteiger partial charge is 0.476 e. The number of aromatic carboxylic acids is 1. The van der Waals surface area contributed by atoms with Gasteiger partial charge in [-0.05, 0) is 0 Å². The molecule has 0 fully saturated rings. The van der Waals surface area contributed by atoms with Crippen molar-refractivity contribution >= 4 is 17.3 Å². The van der Waals surface area contributed by atoms with E-state index < -0.39 is 5.97 Å². The standard InChI is InChI=1S/C8H7N3O2S/c12-8(13)7-2-11(4-9-7)1-6-3-14-5-10-6/h2-5H,1H2,(H,12,13). The molecular weight excluding hydrogens is 202 g/mol. The second-order valence-electron chi connectivity index (χ2n) is 2.72. The molecule has 0 spiro atoms. The van der Waals surface area contributed by atoms with Gasteiger partial charge in [-0.25, -0.2) is 14.8 Å². The highest BCUT2D eigenvalue weighted by atomic mass is 32.1. The summed E-state index contributed by atoms with van der Waals surface area (Å²) in [5, 5.41) is 10.6. The van der Waals surface area contributed by atoms with Crippen molar-refractivity contribution in [3.63, 3.8) is 0 Å². The highest BCUT2D eigenvalue weighted by Crippen LogP contribution is 2.04. The van der Waals surface area contributed by atoms with Gasteiger partial charge in [0.2, 0.25) is 0 Å². The Kier molecular flexibility index (Phi) is 2.28. The summed E-state index contributed by atoms with van der Waals surface area (Å²) in [7, 11) is 0. The number of carbonyl (C=O) groups is 1. The number of carboxylic acid groups (broad SMARTS) is 1. The number of hydrogen-bond donors (Lipinski definition) is 1. The molecule has 2 aromatic heterocycles. The lowest BCUT2D eigenvalue weighted by molar-refractivity contribution is 0.0691. The van der Waals surface area contributed by atoms with E-state index in [0.29, 0.717) is 6.54 Å². The first-order valence-corrected chi connectivity index (χ1v) is 4.82. The van der Waals surface area contributed by atoms with Crippen molar-refractivity contribution in [2.75, 3.05) is 0 Å². The molecule has 2 heterocycles. The first-order valence-electron chi connectivity index (χ1n) is 3.88. The number of imidazole rings is 1. The number of thiazole rings is 1. The Balaban J connectivity index is 2.14. The third-order valence-corrected chi connectivity index (χ3v) is 2.32. The van der Waals surface area contributed by atoms with E-state index in [9.17, 15) is 4.79 Å². The van der Waals surface area contributed by atoms with Gasteiger partial charge < -0.3 is 9.67 Å². The van der Waals surface area contributed by atoms with Crippen LogP contribution in [0.15, 0.2) is 23.4 Å². The van der Waals surface area contributed by atoms with E-state index in [4.69, 9.17) is 5.11 Å². The number of aromatic nitrogens is 3. The van der Waals surface area contributed by atoms with E-state index in [1.165, 1.54) is 23.9 Å². The fraction of sp³-hybridized carbons (Fsp3) is 0.125. The van der Waals surface area contributed by atoms with E-state index in [1.807, 2.05) is 5.38 Å². The smallest absolute Gasteiger partial charge is 0.356 e. The molecule has 0 aliphatic rings. The summed E-state index contributed by atoms with van der Waals surface area (Å²) in [6, 6.07) is 0. The van der Waals surface area contributed by atoms with Crippen molar-refractivity contribution in [1.29, 1.82) is 0 Å². The van der Waals surface area contributed by atoms with Crippen LogP contribution in [0.3, 0.4) is 0 Å². The number of rotatable bonds is 3. The van der Waals surface area contributed by atoms with Gasteiger partial charge in [-0.15, -0.1) is 11.3 Å². The Morgan fingerprint density at radius 3 is 3.00 bits per heavy atom. The molecular formula is C8H7N3O2S. The van der Waals surface area contributed by atoms with Gasteiger partial charge >= 0.3 is 5.97 Å². The Hall–Kier alpha value is -1.69. The topological polar surface area (TPSA) is 68.0 Å². The van der Waals surface area contributed by atoms with Crippen LogP contribution in [0.25, 0.3) is 0 Å². The van der Waals surface area contributed by atoms with Crippen molar-refractivity contribution in [1.82, 2.24) is 14.5 Å². The molecule has 5 nitrogen and oxygen atoms in total. The average Bonchev–Trinajstić information content (AvgIpc) is 2.75. The summed E-state index contributed by atoms with van der Waals surface area (Å²) < 4.78 is 1.69. The first-order chi connectivity index (χ1) is 6.75. The van der Waals surface area contributed by atoms with Gasteiger partial charge in [0.15, 0.2) is 5.69 Å². The molecule has 0 unspecified atom stereocenters. The van der Waals surface area contributed by atoms with Gasteiger partial charge in [0.1, 0.15) is 0 Å². The lowest BCUT2D eigenvalue weighted by atomic mass is 10.4. The van der Waals surface area contributed by atoms with Crippen molar-refractivity contribution in [3.05, 3.63) is 34.8 Å². The SMILES string of the molecule is O=C(O)c1cn(Cc2cscn2)cn1. The average molecular weight is 209 g/mol. The summed E-state index contributed by atoms with van der Waals surface area (Å²) in [5.41, 5.74) is 2.70. The number of nitrogens with zero attached hydrogens (tertiary/aromatic N) is 3. The molecule has 0 saturated heterocycles. The molecule has 0 atom stereocenters. The Labute approximate surface area is 83.7 Å². The van der Waals surface area contributed by atoms with Crippen molar-refractivity contribution in [2.45, 2.75) is 6.54 Å². The van der Waals surface area contributed by atoms with Crippen LogP contribution < -0.4 is 0 Å². The summed E-state index contributed by atoms with van der Waals surface area (Å²) in [4.78, 5) is 18.4. The monoisotopic (exact) mass is 209 g/mol. The van der Waals surface area contributed by atoms with Gasteiger partial charge in [-0.1, -0.05) is 0 Å². The highest BCUT2D eigenvalue weighted by Gasteiger charge is 2.06. The van der Waals surface area contributed by atoms with Gasteiger partial charge in [0, 0.05) is 11.6 Å². The molecule has 2 aromatic rings. The minimum atomic E-state index is -1.01. The van der Waals surface area contributed by atoms with Crippen LogP contribution in [0.4, 0.5) is 0 Å². The van der Waals surface area contributed by atoms with Crippen LogP contribution >= 0.6 is 11.3 Å². The zero-order chi connectivity index (χ0) is 9.97. The molecule has 1 N–H and O–H groups in total. The summed E-state index contributed by atoms with van der Waals surface area (Å²) in [5.74, 6) is -1.01. The zero-order valence-corrected chi connectivity index (χ0v) is 7.94. The highest BCUT2D eigenvalue weighted by molar-refractivity contribution is 7.07. The molecule has 0 saturated carbocycles. The molecule has 0 bridgehead atoms. The molecule has 72 valence electrons. The van der Waals surface area contributed by atoms with Crippen molar-refractivity contribution < 1.29 is 9.90 Å². The summed E-state index contributed by atoms with van der Waals surface area (Å²) in [6.07, 6.45) is 2.98. The van der Waals surface area contributed by atoms with E-state index in [-0.39, 0.29) is 5.69 Å². The first kappa shape index (κ1) is 8.89. The lowest BCUT2D eigenvalue weighted by Crippen LogP contribution is -1.98. The third kappa shape index (κ3) is 1.80. The second-order valence-corrected chi connectivity index (χ2v) is 3.43. The lowest BCUT2D eigenvalue weighted by Gasteiger charge is -1.95. The van der Waals surface area contributed by atoms with Crippen LogP contribution in [0, 0.1) is 0 Å². The van der Waals surface area contributed by atoms with Gasteiger partial charge in [-0.2, -0.15) is 0 Å². The van der Waals surface area contributed by atoms with Crippen LogP contribution in [0.2, 0.25) is 0 Å². The van der Waals surface area contributed by atoms with Crippen molar-refractivity contribution in [2.24, 2.45) is 0 Å². The van der Waals surface area contributed by atoms with E-state index in [1.54, 1.807) is 10.1 Å². The quantitative estimate of drug-likeness (QED) is 0.821. The van der Waals surface area contributed by atoms with Crippen LogP contribution in [0.5, 0.6) is 0 Å². The second kappa shape index (κ2) is 3.59. The third-order valence-electron chi connectivity index (χ3n) is 1.68. The molecule has 0 aromatic carbocycles. The predicted molar refractivity (Wildman–Crippen MR) is 50.4 cm³/mol. The Morgan fingerprint density at radius 1 is 1.57 bits per heavy atom. The Morgan fingerprint density at radius 2 is 2.43 bits per heavy atom. The molecule has 6 heteroatoms. The minimum absolute atomic E-state index is 0.0558. The fourth-order valence-corrected chi connectivity index (χ4v) is 1.61. The predicted octanol–water partition coefficient (Wildman–Crippen LogP) is 1.09. The van der Waals surface area contributed by atoms with Gasteiger partial charge in [0.05, 0.1) is 24.1 Å². The normalized spacial score (nSPS) is 10.3. The van der Waals surface area contributed by atoms with Gasteiger partial charge in [-0.3, -0.25) is 0 Å². The minimum Gasteiger partial charge on any atom is -0.476 e. The fourth-order valence-electron chi connectivity index (χ4n) is 1.06. The molecule has 0 radical (unpaired) electrons. The zero-order valence-electron chi connectivity index (χ0n) is 7.12. The molecule has 2 rings (SSSR count).